The third kappa shape index (κ3) is 2.71. The molecule has 27 heavy (non-hydrogen) atoms. The zero-order valence-corrected chi connectivity index (χ0v) is 13.8. The first-order valence-corrected chi connectivity index (χ1v) is 7.89. The van der Waals surface area contributed by atoms with Crippen LogP contribution in [0.1, 0.15) is 15.9 Å². The molecule has 136 valence electrons. The number of alkyl halides is 1. The van der Waals surface area contributed by atoms with Gasteiger partial charge in [-0.3, -0.25) is 14.8 Å². The topological polar surface area (TPSA) is 111 Å². The Morgan fingerprint density at radius 1 is 1.33 bits per heavy atom. The van der Waals surface area contributed by atoms with Crippen molar-refractivity contribution in [3.8, 4) is 0 Å². The Hall–Kier alpha value is -3.69. The molecular formula is C17H13F2N7O. The van der Waals surface area contributed by atoms with Crippen LogP contribution in [0.5, 0.6) is 0 Å². The molecule has 3 aromatic rings. The van der Waals surface area contributed by atoms with Gasteiger partial charge in [-0.25, -0.2) is 18.3 Å². The van der Waals surface area contributed by atoms with Crippen molar-refractivity contribution in [2.24, 2.45) is 4.99 Å². The fraction of sp³-hybridized carbons (Fsp3) is 0.118. The van der Waals surface area contributed by atoms with Crippen LogP contribution in [0.2, 0.25) is 0 Å². The van der Waals surface area contributed by atoms with Gasteiger partial charge < -0.3 is 11.1 Å². The first-order valence-electron chi connectivity index (χ1n) is 7.89. The average Bonchev–Trinajstić information content (AvgIpc) is 2.99. The Morgan fingerprint density at radius 2 is 2.11 bits per heavy atom. The van der Waals surface area contributed by atoms with E-state index in [2.05, 4.69) is 25.4 Å². The number of hydrogen-bond donors (Lipinski definition) is 2. The van der Waals surface area contributed by atoms with Gasteiger partial charge >= 0.3 is 0 Å². The molecule has 0 aliphatic carbocycles. The van der Waals surface area contributed by atoms with Crippen LogP contribution in [0, 0.1) is 5.82 Å². The third-order valence-electron chi connectivity index (χ3n) is 4.21. The Kier molecular flexibility index (Phi) is 3.87. The van der Waals surface area contributed by atoms with Crippen LogP contribution in [-0.4, -0.2) is 38.0 Å². The van der Waals surface area contributed by atoms with Gasteiger partial charge in [-0.2, -0.15) is 0 Å². The summed E-state index contributed by atoms with van der Waals surface area (Å²) < 4.78 is 29.3. The molecule has 1 amide bonds. The summed E-state index contributed by atoms with van der Waals surface area (Å²) in [6, 6.07) is 3.15. The van der Waals surface area contributed by atoms with E-state index in [0.29, 0.717) is 5.56 Å². The summed E-state index contributed by atoms with van der Waals surface area (Å²) in [6.45, 7) is 0. The highest BCUT2D eigenvalue weighted by molar-refractivity contribution is 6.04. The molecule has 1 aliphatic rings. The summed E-state index contributed by atoms with van der Waals surface area (Å²) in [7, 11) is 0. The van der Waals surface area contributed by atoms with E-state index in [1.807, 2.05) is 0 Å². The summed E-state index contributed by atoms with van der Waals surface area (Å²) in [5.41, 5.74) is 4.67. The predicted octanol–water partition coefficient (Wildman–Crippen LogP) is 1.41. The maximum absolute atomic E-state index is 14.9. The first-order chi connectivity index (χ1) is 13.0. The van der Waals surface area contributed by atoms with E-state index in [0.717, 1.165) is 16.9 Å². The highest BCUT2D eigenvalue weighted by atomic mass is 19.1. The van der Waals surface area contributed by atoms with Gasteiger partial charge in [-0.05, 0) is 29.8 Å². The van der Waals surface area contributed by atoms with Crippen LogP contribution in [0.25, 0.3) is 5.65 Å². The summed E-state index contributed by atoms with van der Waals surface area (Å²) >= 11 is 0. The monoisotopic (exact) mass is 369 g/mol. The van der Waals surface area contributed by atoms with Crippen LogP contribution in [0.15, 0.2) is 54.1 Å². The number of nitrogens with one attached hydrogen (secondary N) is 1. The van der Waals surface area contributed by atoms with Crippen LogP contribution >= 0.6 is 0 Å². The number of carbonyl (C=O) groups is 1. The number of nitrogens with two attached hydrogens (primary N) is 1. The van der Waals surface area contributed by atoms with Crippen molar-refractivity contribution in [1.82, 2.24) is 24.9 Å². The van der Waals surface area contributed by atoms with E-state index < -0.39 is 23.6 Å². The molecule has 3 N–H and O–H groups in total. The molecule has 1 aliphatic heterocycles. The molecule has 4 rings (SSSR count). The van der Waals surface area contributed by atoms with Crippen molar-refractivity contribution in [2.75, 3.05) is 5.73 Å². The Bertz CT molecular complexity index is 1080. The fourth-order valence-electron chi connectivity index (χ4n) is 2.95. The van der Waals surface area contributed by atoms with E-state index >= 15 is 0 Å². The first kappa shape index (κ1) is 16.8. The number of aliphatic imine (C=N–C) groups is 1. The van der Waals surface area contributed by atoms with Crippen LogP contribution in [0.3, 0.4) is 0 Å². The van der Waals surface area contributed by atoms with E-state index in [1.165, 1.54) is 30.8 Å². The molecule has 0 aromatic carbocycles. The average molecular weight is 369 g/mol. The molecule has 0 fully saturated rings. The number of rotatable bonds is 3. The molecule has 4 heterocycles. The largest absolute Gasteiger partial charge is 0.381 e. The number of fused-ring (bicyclic) bond motifs is 1. The second-order valence-corrected chi connectivity index (χ2v) is 5.85. The molecule has 0 saturated heterocycles. The normalized spacial score (nSPS) is 21.5. The van der Waals surface area contributed by atoms with Crippen LogP contribution in [0.4, 0.5) is 14.6 Å². The van der Waals surface area contributed by atoms with Crippen molar-refractivity contribution >= 4 is 23.6 Å². The van der Waals surface area contributed by atoms with Gasteiger partial charge in [-0.15, -0.1) is 5.10 Å². The van der Waals surface area contributed by atoms with Gasteiger partial charge in [0.15, 0.2) is 17.3 Å². The van der Waals surface area contributed by atoms with Gasteiger partial charge in [0, 0.05) is 18.6 Å². The Morgan fingerprint density at radius 3 is 2.85 bits per heavy atom. The number of halogens is 2. The number of dihydropyridines is 1. The quantitative estimate of drug-likeness (QED) is 0.678. The van der Waals surface area contributed by atoms with Crippen molar-refractivity contribution in [2.45, 2.75) is 11.8 Å². The lowest BCUT2D eigenvalue weighted by Gasteiger charge is -2.34. The van der Waals surface area contributed by atoms with Crippen LogP contribution in [-0.2, 0) is 5.54 Å². The number of carbonyl (C=O) groups excluding carboxylic acids is 1. The second-order valence-electron chi connectivity index (χ2n) is 5.85. The number of hydrogen-bond acceptors (Lipinski definition) is 6. The van der Waals surface area contributed by atoms with Crippen molar-refractivity contribution in [1.29, 1.82) is 0 Å². The molecule has 0 spiro atoms. The fourth-order valence-corrected chi connectivity index (χ4v) is 2.95. The molecule has 0 bridgehead atoms. The lowest BCUT2D eigenvalue weighted by molar-refractivity contribution is 0.0863. The second kappa shape index (κ2) is 6.24. The van der Waals surface area contributed by atoms with Gasteiger partial charge in [0.05, 0.1) is 12.4 Å². The number of anilines is 1. The zero-order chi connectivity index (χ0) is 19.0. The SMILES string of the molecule is Nc1nn2cc(F)cnc2c1C(=O)NC1(c2ccncc2)C=CC=NC1F. The van der Waals surface area contributed by atoms with Gasteiger partial charge in [0.1, 0.15) is 11.1 Å². The number of amides is 1. The summed E-state index contributed by atoms with van der Waals surface area (Å²) in [4.78, 5) is 24.5. The molecule has 2 atom stereocenters. The highest BCUT2D eigenvalue weighted by Crippen LogP contribution is 2.32. The molecule has 8 nitrogen and oxygen atoms in total. The van der Waals surface area contributed by atoms with E-state index in [9.17, 15) is 13.6 Å². The molecule has 0 saturated carbocycles. The lowest BCUT2D eigenvalue weighted by Crippen LogP contribution is -2.51. The van der Waals surface area contributed by atoms with E-state index in [-0.39, 0.29) is 17.0 Å². The predicted molar refractivity (Wildman–Crippen MR) is 93.3 cm³/mol. The lowest BCUT2D eigenvalue weighted by atomic mass is 9.87. The van der Waals surface area contributed by atoms with E-state index in [4.69, 9.17) is 5.73 Å². The van der Waals surface area contributed by atoms with Crippen molar-refractivity contribution < 1.29 is 13.6 Å². The number of nitrogens with zero attached hydrogens (tertiary/aromatic N) is 5. The van der Waals surface area contributed by atoms with Gasteiger partial charge in [0.2, 0.25) is 6.30 Å². The summed E-state index contributed by atoms with van der Waals surface area (Å²) in [5.74, 6) is -1.52. The maximum Gasteiger partial charge on any atom is 0.260 e. The minimum atomic E-state index is -1.78. The number of allylic oxidation sites excluding steroid dienone is 1. The standard InChI is InChI=1S/C17H13F2N7O/c18-11-8-23-14-12(13(20)25-26(14)9-11)15(27)24-17(4-1-5-22-16(17)19)10-2-6-21-7-3-10/h1-9,16H,(H2,20,25)(H,24,27). The van der Waals surface area contributed by atoms with Gasteiger partial charge in [-0.1, -0.05) is 0 Å². The van der Waals surface area contributed by atoms with E-state index in [1.54, 1.807) is 12.1 Å². The van der Waals surface area contributed by atoms with Crippen molar-refractivity contribution in [3.63, 3.8) is 0 Å². The number of aromatic nitrogens is 4. The molecule has 2 unspecified atom stereocenters. The Labute approximate surface area is 151 Å². The van der Waals surface area contributed by atoms with Crippen LogP contribution < -0.4 is 11.1 Å². The molecule has 3 aromatic heterocycles. The minimum Gasteiger partial charge on any atom is -0.381 e. The Balaban J connectivity index is 1.79. The smallest absolute Gasteiger partial charge is 0.260 e. The maximum atomic E-state index is 14.9. The minimum absolute atomic E-state index is 0.0509. The van der Waals surface area contributed by atoms with Gasteiger partial charge in [0.25, 0.3) is 5.91 Å². The molecule has 10 heteroatoms. The zero-order valence-electron chi connectivity index (χ0n) is 13.8. The molecular weight excluding hydrogens is 356 g/mol. The highest BCUT2D eigenvalue weighted by Gasteiger charge is 2.42. The number of nitrogen functional groups attached to an aromatic ring is 1. The molecule has 0 radical (unpaired) electrons. The van der Waals surface area contributed by atoms with Crippen molar-refractivity contribution in [3.05, 3.63) is 66.0 Å². The summed E-state index contributed by atoms with van der Waals surface area (Å²) in [6.07, 6.45) is 7.50. The number of pyridine rings is 1. The third-order valence-corrected chi connectivity index (χ3v) is 4.21. The summed E-state index contributed by atoms with van der Waals surface area (Å²) in [5, 5.41) is 6.52.